The molecular formula is C33H37FN6O4S. The number of hydrogen-bond acceptors (Lipinski definition) is 8. The Hall–Kier alpha value is -4.29. The Bertz CT molecular complexity index is 1890. The van der Waals surface area contributed by atoms with E-state index in [0.717, 1.165) is 23.9 Å². The van der Waals surface area contributed by atoms with Crippen molar-refractivity contribution < 1.29 is 22.3 Å². The second-order valence-corrected chi connectivity index (χ2v) is 13.8. The predicted octanol–water partition coefficient (Wildman–Crippen LogP) is 4.48. The van der Waals surface area contributed by atoms with Gasteiger partial charge >= 0.3 is 0 Å². The standard InChI is InChI=1S/C33H37FN6O4S/c1-6-21-7-9-23(10-8-21)40-18-33(19-40)30-25-14-24(26(34)15-27(25)36-17-29(30)39(4)32(33)41)22-13-28(38-45(5,42)43)31(37-16-22)44-12-11-35-20(2)3/h7-10,13-17,20,35,38H,6,11-12,18-19H2,1-5H3. The molecule has 6 rings (SSSR count). The van der Waals surface area contributed by atoms with Crippen molar-refractivity contribution in [3.8, 4) is 17.0 Å². The molecule has 2 aliphatic heterocycles. The van der Waals surface area contributed by atoms with Crippen molar-refractivity contribution in [2.75, 3.05) is 54.1 Å². The van der Waals surface area contributed by atoms with Crippen LogP contribution in [0.15, 0.2) is 54.9 Å². The van der Waals surface area contributed by atoms with E-state index in [-0.39, 0.29) is 35.7 Å². The number of anilines is 3. The summed E-state index contributed by atoms with van der Waals surface area (Å²) in [5, 5.41) is 3.89. The first-order chi connectivity index (χ1) is 21.4. The Morgan fingerprint density at radius 3 is 2.49 bits per heavy atom. The number of amides is 1. The molecule has 236 valence electrons. The molecule has 0 aliphatic carbocycles. The maximum Gasteiger partial charge on any atom is 0.241 e. The number of pyridine rings is 2. The summed E-state index contributed by atoms with van der Waals surface area (Å²) in [6, 6.07) is 13.2. The minimum Gasteiger partial charge on any atom is -0.475 e. The summed E-state index contributed by atoms with van der Waals surface area (Å²) in [7, 11) is -1.94. The lowest BCUT2D eigenvalue weighted by molar-refractivity contribution is -0.123. The van der Waals surface area contributed by atoms with Gasteiger partial charge in [0, 0.05) is 72.8 Å². The first kappa shape index (κ1) is 30.7. The van der Waals surface area contributed by atoms with Crippen LogP contribution < -0.4 is 24.6 Å². The highest BCUT2D eigenvalue weighted by Crippen LogP contribution is 2.51. The summed E-state index contributed by atoms with van der Waals surface area (Å²) in [6.07, 6.45) is 5.07. The number of ether oxygens (including phenoxy) is 1. The number of sulfonamides is 1. The SMILES string of the molecule is CCc1ccc(N2CC3(C2)C(=O)N(C)c2cnc4cc(F)c(-c5cnc(OCCNC(C)C)c(NS(C)(=O)=O)c5)cc4c23)cc1. The van der Waals surface area contributed by atoms with Gasteiger partial charge in [0.05, 0.1) is 23.7 Å². The van der Waals surface area contributed by atoms with Gasteiger partial charge in [0.15, 0.2) is 0 Å². The van der Waals surface area contributed by atoms with Crippen LogP contribution in [-0.2, 0) is 26.7 Å². The fourth-order valence-electron chi connectivity index (χ4n) is 6.23. The van der Waals surface area contributed by atoms with E-state index < -0.39 is 21.3 Å². The van der Waals surface area contributed by atoms with Gasteiger partial charge in [-0.3, -0.25) is 14.5 Å². The van der Waals surface area contributed by atoms with Crippen LogP contribution in [0.5, 0.6) is 5.88 Å². The largest absolute Gasteiger partial charge is 0.475 e. The molecule has 1 amide bonds. The molecule has 0 atom stereocenters. The summed E-state index contributed by atoms with van der Waals surface area (Å²) in [5.41, 5.74) is 4.11. The summed E-state index contributed by atoms with van der Waals surface area (Å²) in [6.45, 7) is 7.90. The topological polar surface area (TPSA) is 117 Å². The monoisotopic (exact) mass is 632 g/mol. The number of rotatable bonds is 10. The molecule has 45 heavy (non-hydrogen) atoms. The van der Waals surface area contributed by atoms with E-state index in [1.807, 2.05) is 13.8 Å². The van der Waals surface area contributed by atoms with Gasteiger partial charge in [-0.25, -0.2) is 17.8 Å². The molecule has 0 bridgehead atoms. The lowest BCUT2D eigenvalue weighted by Gasteiger charge is -2.48. The molecule has 2 N–H and O–H groups in total. The molecule has 0 saturated carbocycles. The van der Waals surface area contributed by atoms with Crippen LogP contribution in [0.25, 0.3) is 22.0 Å². The smallest absolute Gasteiger partial charge is 0.241 e. The van der Waals surface area contributed by atoms with Gasteiger partial charge < -0.3 is 19.9 Å². The Morgan fingerprint density at radius 1 is 1.09 bits per heavy atom. The molecule has 1 fully saturated rings. The first-order valence-electron chi connectivity index (χ1n) is 15.0. The van der Waals surface area contributed by atoms with Gasteiger partial charge in [0.1, 0.15) is 23.5 Å². The first-order valence-corrected chi connectivity index (χ1v) is 16.9. The van der Waals surface area contributed by atoms with Crippen molar-refractivity contribution >= 4 is 43.9 Å². The lowest BCUT2D eigenvalue weighted by Crippen LogP contribution is -2.64. The van der Waals surface area contributed by atoms with Gasteiger partial charge in [-0.2, -0.15) is 0 Å². The average Bonchev–Trinajstić information content (AvgIpc) is 3.20. The Labute approximate surface area is 262 Å². The number of likely N-dealkylation sites (N-methyl/N-ethyl adjacent to an activating group) is 1. The number of fused-ring (bicyclic) bond motifs is 4. The van der Waals surface area contributed by atoms with E-state index in [0.29, 0.717) is 41.8 Å². The number of carbonyl (C=O) groups excluding carboxylic acids is 1. The third-order valence-corrected chi connectivity index (χ3v) is 9.06. The summed E-state index contributed by atoms with van der Waals surface area (Å²) in [5.74, 6) is -0.477. The molecule has 4 heterocycles. The predicted molar refractivity (Wildman–Crippen MR) is 175 cm³/mol. The molecule has 2 aromatic heterocycles. The molecule has 12 heteroatoms. The summed E-state index contributed by atoms with van der Waals surface area (Å²) in [4.78, 5) is 26.5. The lowest BCUT2D eigenvalue weighted by atomic mass is 9.73. The minimum absolute atomic E-state index is 0.0196. The van der Waals surface area contributed by atoms with Crippen LogP contribution in [-0.4, -0.2) is 69.9 Å². The minimum atomic E-state index is -3.69. The van der Waals surface area contributed by atoms with E-state index in [2.05, 4.69) is 56.1 Å². The third-order valence-electron chi connectivity index (χ3n) is 8.47. The quantitative estimate of drug-likeness (QED) is 0.246. The summed E-state index contributed by atoms with van der Waals surface area (Å²) >= 11 is 0. The fraction of sp³-hybridized carbons (Fsp3) is 0.364. The maximum atomic E-state index is 15.7. The number of nitrogens with one attached hydrogen (secondary N) is 2. The molecule has 1 saturated heterocycles. The van der Waals surface area contributed by atoms with Crippen molar-refractivity contribution in [3.63, 3.8) is 0 Å². The van der Waals surface area contributed by atoms with Crippen molar-refractivity contribution in [2.24, 2.45) is 0 Å². The zero-order valence-corrected chi connectivity index (χ0v) is 26.8. The van der Waals surface area contributed by atoms with E-state index in [9.17, 15) is 13.2 Å². The van der Waals surface area contributed by atoms with Crippen molar-refractivity contribution in [3.05, 3.63) is 71.8 Å². The number of benzene rings is 2. The highest BCUT2D eigenvalue weighted by Gasteiger charge is 2.58. The number of aryl methyl sites for hydroxylation is 1. The van der Waals surface area contributed by atoms with Crippen LogP contribution in [0.3, 0.4) is 0 Å². The number of hydrogen-bond donors (Lipinski definition) is 2. The van der Waals surface area contributed by atoms with E-state index in [1.54, 1.807) is 24.2 Å². The highest BCUT2D eigenvalue weighted by molar-refractivity contribution is 7.92. The normalized spacial score (nSPS) is 15.6. The third kappa shape index (κ3) is 5.68. The number of carbonyl (C=O) groups is 1. The molecule has 0 unspecified atom stereocenters. The average molecular weight is 633 g/mol. The van der Waals surface area contributed by atoms with Crippen LogP contribution in [0, 0.1) is 5.82 Å². The van der Waals surface area contributed by atoms with Gasteiger partial charge in [0.2, 0.25) is 21.8 Å². The van der Waals surface area contributed by atoms with Gasteiger partial charge in [0.25, 0.3) is 0 Å². The van der Waals surface area contributed by atoms with Crippen LogP contribution in [0.4, 0.5) is 21.5 Å². The Kier molecular flexibility index (Phi) is 7.90. The van der Waals surface area contributed by atoms with Crippen LogP contribution in [0.2, 0.25) is 0 Å². The molecule has 4 aromatic rings. The van der Waals surface area contributed by atoms with Gasteiger partial charge in [-0.1, -0.05) is 32.9 Å². The van der Waals surface area contributed by atoms with Crippen LogP contribution in [0.1, 0.15) is 31.9 Å². The summed E-state index contributed by atoms with van der Waals surface area (Å²) < 4.78 is 48.3. The molecule has 2 aliphatic rings. The second kappa shape index (κ2) is 11.6. The van der Waals surface area contributed by atoms with E-state index in [4.69, 9.17) is 4.74 Å². The maximum absolute atomic E-state index is 15.7. The second-order valence-electron chi connectivity index (χ2n) is 12.1. The molecular weight excluding hydrogens is 595 g/mol. The molecule has 10 nitrogen and oxygen atoms in total. The zero-order valence-electron chi connectivity index (χ0n) is 26.0. The molecule has 0 radical (unpaired) electrons. The van der Waals surface area contributed by atoms with Crippen molar-refractivity contribution in [1.29, 1.82) is 0 Å². The number of halogens is 1. The van der Waals surface area contributed by atoms with Gasteiger partial charge in [-0.15, -0.1) is 0 Å². The highest BCUT2D eigenvalue weighted by atomic mass is 32.2. The Balaban J connectivity index is 1.39. The zero-order chi connectivity index (χ0) is 32.1. The Morgan fingerprint density at radius 2 is 1.82 bits per heavy atom. The van der Waals surface area contributed by atoms with Gasteiger partial charge in [-0.05, 0) is 36.2 Å². The number of aromatic nitrogens is 2. The number of nitrogens with zero attached hydrogens (tertiary/aromatic N) is 4. The fourth-order valence-corrected chi connectivity index (χ4v) is 6.77. The van der Waals surface area contributed by atoms with Crippen molar-refractivity contribution in [2.45, 2.75) is 38.6 Å². The van der Waals surface area contributed by atoms with E-state index in [1.165, 1.54) is 23.9 Å². The van der Waals surface area contributed by atoms with Crippen LogP contribution >= 0.6 is 0 Å². The molecule has 2 aromatic carbocycles. The molecule has 1 spiro atoms. The van der Waals surface area contributed by atoms with E-state index >= 15 is 4.39 Å². The van der Waals surface area contributed by atoms with Crippen molar-refractivity contribution in [1.82, 2.24) is 15.3 Å².